The molecule has 0 bridgehead atoms. The van der Waals surface area contributed by atoms with Gasteiger partial charge in [-0.2, -0.15) is 4.72 Å². The van der Waals surface area contributed by atoms with Crippen LogP contribution in [-0.2, 0) is 0 Å². The molecule has 2 rings (SSSR count). The SMILES string of the molecule is Oc1ccc[c]c1N1CC(O)NS1(O)O. The Hall–Kier alpha value is -0.990. The van der Waals surface area contributed by atoms with Crippen LogP contribution in [0.3, 0.4) is 0 Å². The van der Waals surface area contributed by atoms with Crippen molar-refractivity contribution in [1.82, 2.24) is 4.72 Å². The molecule has 83 valence electrons. The number of aliphatic hydroxyl groups is 1. The van der Waals surface area contributed by atoms with Gasteiger partial charge in [-0.05, 0) is 6.07 Å². The lowest BCUT2D eigenvalue weighted by atomic mass is 10.3. The molecule has 1 aliphatic heterocycles. The number of β-amino-alcohol motifs (C(OH)–C–C–N with tert-alkyl or cyclic N) is 1. The van der Waals surface area contributed by atoms with E-state index in [1.54, 1.807) is 6.07 Å². The van der Waals surface area contributed by atoms with E-state index in [0.717, 1.165) is 4.31 Å². The van der Waals surface area contributed by atoms with Gasteiger partial charge < -0.3 is 10.2 Å². The molecule has 1 aliphatic rings. The smallest absolute Gasteiger partial charge is 0.142 e. The predicted molar refractivity (Wildman–Crippen MR) is 56.3 cm³/mol. The molecule has 5 N–H and O–H groups in total. The lowest BCUT2D eigenvalue weighted by Gasteiger charge is -2.36. The minimum atomic E-state index is -3.27. The molecule has 0 amide bonds. The first-order valence-electron chi connectivity index (χ1n) is 4.21. The van der Waals surface area contributed by atoms with Crippen molar-refractivity contribution >= 4 is 16.6 Å². The van der Waals surface area contributed by atoms with Crippen LogP contribution in [0.4, 0.5) is 5.69 Å². The molecule has 1 atom stereocenters. The van der Waals surface area contributed by atoms with E-state index in [2.05, 4.69) is 10.8 Å². The Morgan fingerprint density at radius 1 is 1.53 bits per heavy atom. The zero-order chi connectivity index (χ0) is 11.1. The number of hydrogen-bond donors (Lipinski definition) is 5. The molecule has 1 radical (unpaired) electrons. The van der Waals surface area contributed by atoms with E-state index in [-0.39, 0.29) is 18.0 Å². The normalized spacial score (nSPS) is 26.6. The van der Waals surface area contributed by atoms with Crippen LogP contribution >= 0.6 is 11.0 Å². The van der Waals surface area contributed by atoms with Crippen molar-refractivity contribution in [3.63, 3.8) is 0 Å². The van der Waals surface area contributed by atoms with Crippen LogP contribution in [0.2, 0.25) is 0 Å². The highest BCUT2D eigenvalue weighted by Gasteiger charge is 2.36. The van der Waals surface area contributed by atoms with Gasteiger partial charge >= 0.3 is 0 Å². The largest absolute Gasteiger partial charge is 0.506 e. The number of para-hydroxylation sites is 1. The summed E-state index contributed by atoms with van der Waals surface area (Å²) in [5.41, 5.74) is 0.154. The Kier molecular flexibility index (Phi) is 2.49. The van der Waals surface area contributed by atoms with Gasteiger partial charge in [0, 0.05) is 6.07 Å². The van der Waals surface area contributed by atoms with E-state index >= 15 is 0 Å². The molecular weight excluding hydrogens is 220 g/mol. The van der Waals surface area contributed by atoms with E-state index in [1.807, 2.05) is 0 Å². The van der Waals surface area contributed by atoms with Gasteiger partial charge in [0.25, 0.3) is 0 Å². The van der Waals surface area contributed by atoms with E-state index < -0.39 is 17.2 Å². The second-order valence-electron chi connectivity index (χ2n) is 3.12. The number of phenolic OH excluding ortho intramolecular Hbond substituents is 1. The Morgan fingerprint density at radius 2 is 2.27 bits per heavy atom. The Morgan fingerprint density at radius 3 is 2.80 bits per heavy atom. The third kappa shape index (κ3) is 1.87. The molecule has 1 aromatic carbocycles. The fourth-order valence-electron chi connectivity index (χ4n) is 1.38. The summed E-state index contributed by atoms with van der Waals surface area (Å²) in [4.78, 5) is 0. The fraction of sp³-hybridized carbons (Fsp3) is 0.250. The maximum atomic E-state index is 9.57. The maximum Gasteiger partial charge on any atom is 0.142 e. The highest BCUT2D eigenvalue weighted by Crippen LogP contribution is 2.48. The summed E-state index contributed by atoms with van der Waals surface area (Å²) < 4.78 is 22.4. The zero-order valence-corrected chi connectivity index (χ0v) is 8.48. The first-order valence-corrected chi connectivity index (χ1v) is 5.72. The van der Waals surface area contributed by atoms with Crippen molar-refractivity contribution in [2.45, 2.75) is 6.23 Å². The van der Waals surface area contributed by atoms with Gasteiger partial charge in [-0.25, -0.2) is 4.31 Å². The van der Waals surface area contributed by atoms with Gasteiger partial charge in [-0.1, -0.05) is 23.1 Å². The summed E-state index contributed by atoms with van der Waals surface area (Å²) in [6.45, 7) is -0.0175. The average Bonchev–Trinajstić information content (AvgIpc) is 2.40. The quantitative estimate of drug-likeness (QED) is 0.483. The van der Waals surface area contributed by atoms with Crippen LogP contribution in [0.5, 0.6) is 5.75 Å². The summed E-state index contributed by atoms with van der Waals surface area (Å²) in [6, 6.07) is 7.20. The number of aromatic hydroxyl groups is 1. The van der Waals surface area contributed by atoms with E-state index in [1.165, 1.54) is 12.1 Å². The van der Waals surface area contributed by atoms with Crippen molar-refractivity contribution in [3.8, 4) is 5.75 Å². The number of benzene rings is 1. The second-order valence-corrected chi connectivity index (χ2v) is 4.83. The van der Waals surface area contributed by atoms with Crippen LogP contribution in [0.15, 0.2) is 18.2 Å². The highest BCUT2D eigenvalue weighted by atomic mass is 32.3. The topological polar surface area (TPSA) is 96.2 Å². The van der Waals surface area contributed by atoms with Crippen molar-refractivity contribution in [2.24, 2.45) is 0 Å². The predicted octanol–water partition coefficient (Wildman–Crippen LogP) is 0.501. The molecule has 0 aromatic heterocycles. The number of anilines is 1. The van der Waals surface area contributed by atoms with Gasteiger partial charge in [-0.15, -0.1) is 0 Å². The van der Waals surface area contributed by atoms with Crippen LogP contribution in [0, 0.1) is 6.07 Å². The minimum Gasteiger partial charge on any atom is -0.506 e. The summed E-state index contributed by atoms with van der Waals surface area (Å²) in [5, 5.41) is 18.7. The van der Waals surface area contributed by atoms with Gasteiger partial charge in [0.1, 0.15) is 17.7 Å². The lowest BCUT2D eigenvalue weighted by Crippen LogP contribution is -2.25. The van der Waals surface area contributed by atoms with Crippen molar-refractivity contribution in [3.05, 3.63) is 24.3 Å². The van der Waals surface area contributed by atoms with Crippen LogP contribution in [0.1, 0.15) is 0 Å². The number of hydrogen-bond acceptors (Lipinski definition) is 6. The second kappa shape index (κ2) is 3.54. The van der Waals surface area contributed by atoms with Crippen molar-refractivity contribution in [1.29, 1.82) is 0 Å². The molecule has 1 heterocycles. The number of rotatable bonds is 1. The molecule has 0 saturated carbocycles. The molecule has 15 heavy (non-hydrogen) atoms. The molecule has 6 nitrogen and oxygen atoms in total. The van der Waals surface area contributed by atoms with E-state index in [0.29, 0.717) is 0 Å². The highest BCUT2D eigenvalue weighted by molar-refractivity contribution is 8.24. The summed E-state index contributed by atoms with van der Waals surface area (Å²) >= 11 is 0. The van der Waals surface area contributed by atoms with Gasteiger partial charge in [0.15, 0.2) is 0 Å². The molecule has 1 fully saturated rings. The fourth-order valence-corrected chi connectivity index (χ4v) is 2.70. The standard InChI is InChI=1S/C8H11N2O4S/c11-7-4-2-1-3-6(7)10-5-8(12)9-15(10,13)14/h1-2,4,8-9,11-14H,5H2. The minimum absolute atomic E-state index is 0.0175. The van der Waals surface area contributed by atoms with Gasteiger partial charge in [0.05, 0.1) is 6.54 Å². The Bertz CT molecular complexity index is 373. The summed E-state index contributed by atoms with van der Waals surface area (Å²) in [5.74, 6) is -0.117. The van der Waals surface area contributed by atoms with E-state index in [9.17, 15) is 19.3 Å². The Labute approximate surface area is 88.4 Å². The number of nitrogens with zero attached hydrogens (tertiary/aromatic N) is 1. The number of phenols is 1. The van der Waals surface area contributed by atoms with Crippen molar-refractivity contribution in [2.75, 3.05) is 10.8 Å². The zero-order valence-electron chi connectivity index (χ0n) is 7.66. The first kappa shape index (κ1) is 10.5. The maximum absolute atomic E-state index is 9.57. The van der Waals surface area contributed by atoms with Gasteiger partial charge in [0.2, 0.25) is 0 Å². The molecule has 1 unspecified atom stereocenters. The van der Waals surface area contributed by atoms with E-state index in [4.69, 9.17) is 0 Å². The van der Waals surface area contributed by atoms with Crippen LogP contribution < -0.4 is 9.03 Å². The molecule has 1 aromatic rings. The molecular formula is C8H11N2O4S. The third-order valence-electron chi connectivity index (χ3n) is 2.00. The molecule has 0 aliphatic carbocycles. The lowest BCUT2D eigenvalue weighted by molar-refractivity contribution is 0.182. The Balaban J connectivity index is 2.36. The summed E-state index contributed by atoms with van der Waals surface area (Å²) in [6.07, 6.45) is -1.04. The van der Waals surface area contributed by atoms with Gasteiger partial charge in [-0.3, -0.25) is 9.11 Å². The first-order chi connectivity index (χ1) is 7.00. The number of aliphatic hydroxyl groups excluding tert-OH is 1. The molecule has 7 heteroatoms. The summed E-state index contributed by atoms with van der Waals surface area (Å²) in [7, 11) is -3.27. The van der Waals surface area contributed by atoms with Crippen LogP contribution in [0.25, 0.3) is 0 Å². The average molecular weight is 231 g/mol. The monoisotopic (exact) mass is 231 g/mol. The molecule has 0 spiro atoms. The molecule has 1 saturated heterocycles. The van der Waals surface area contributed by atoms with Crippen molar-refractivity contribution < 1.29 is 19.3 Å². The third-order valence-corrected chi connectivity index (χ3v) is 3.54. The van der Waals surface area contributed by atoms with Crippen LogP contribution in [-0.4, -0.2) is 32.1 Å². The number of nitrogens with one attached hydrogen (secondary N) is 1.